The van der Waals surface area contributed by atoms with Crippen molar-refractivity contribution in [3.8, 4) is 0 Å². The van der Waals surface area contributed by atoms with Crippen LogP contribution in [0.4, 0.5) is 13.2 Å². The van der Waals surface area contributed by atoms with Crippen LogP contribution >= 0.6 is 0 Å². The maximum Gasteiger partial charge on any atom is 0.406 e. The van der Waals surface area contributed by atoms with E-state index in [0.29, 0.717) is 24.5 Å². The van der Waals surface area contributed by atoms with Crippen LogP contribution in [0, 0.1) is 0 Å². The lowest BCUT2D eigenvalue weighted by Gasteiger charge is -2.23. The Kier molecular flexibility index (Phi) is 7.07. The zero-order valence-electron chi connectivity index (χ0n) is 9.22. The van der Waals surface area contributed by atoms with E-state index in [2.05, 4.69) is 0 Å². The Morgan fingerprint density at radius 3 is 2.50 bits per heavy atom. The summed E-state index contributed by atoms with van der Waals surface area (Å²) in [5.41, 5.74) is 5.03. The fraction of sp³-hybridized carbons (Fsp3) is 0.889. The molecular weight excluding hydrogens is 225 g/mol. The van der Waals surface area contributed by atoms with Crippen molar-refractivity contribution in [3.05, 3.63) is 0 Å². The van der Waals surface area contributed by atoms with Gasteiger partial charge in [0.15, 0.2) is 0 Å². The molecule has 0 saturated carbocycles. The van der Waals surface area contributed by atoms with Crippen molar-refractivity contribution in [3.63, 3.8) is 0 Å². The molecule has 0 heterocycles. The Hall–Kier alpha value is -0.820. The van der Waals surface area contributed by atoms with Crippen molar-refractivity contribution in [1.82, 2.24) is 4.90 Å². The summed E-state index contributed by atoms with van der Waals surface area (Å²) < 4.78 is 41.3. The average Bonchev–Trinajstić information content (AvgIpc) is 2.19. The molecular formula is C9H17F3N2O2. The van der Waals surface area contributed by atoms with Crippen molar-refractivity contribution in [2.45, 2.75) is 19.5 Å². The molecule has 4 nitrogen and oxygen atoms in total. The third kappa shape index (κ3) is 7.47. The average molecular weight is 242 g/mol. The van der Waals surface area contributed by atoms with Gasteiger partial charge in [-0.05, 0) is 13.3 Å². The number of amides is 1. The first-order valence-corrected chi connectivity index (χ1v) is 5.03. The molecule has 0 atom stereocenters. The second kappa shape index (κ2) is 7.45. The number of hydrogen-bond donors (Lipinski definition) is 1. The monoisotopic (exact) mass is 242 g/mol. The van der Waals surface area contributed by atoms with Gasteiger partial charge >= 0.3 is 6.18 Å². The van der Waals surface area contributed by atoms with E-state index >= 15 is 0 Å². The number of rotatable bonds is 7. The first-order chi connectivity index (χ1) is 7.40. The molecule has 0 radical (unpaired) electrons. The highest BCUT2D eigenvalue weighted by Gasteiger charge is 2.32. The lowest BCUT2D eigenvalue weighted by molar-refractivity contribution is -0.160. The molecule has 2 N–H and O–H groups in total. The zero-order valence-corrected chi connectivity index (χ0v) is 9.22. The summed E-state index contributed by atoms with van der Waals surface area (Å²) in [6.45, 7) is 0.973. The van der Waals surface area contributed by atoms with Gasteiger partial charge in [-0.2, -0.15) is 13.2 Å². The molecule has 0 saturated heterocycles. The minimum atomic E-state index is -4.39. The molecule has 96 valence electrons. The number of nitrogens with two attached hydrogens (primary N) is 1. The first kappa shape index (κ1) is 15.2. The quantitative estimate of drug-likeness (QED) is 0.671. The van der Waals surface area contributed by atoms with E-state index in [4.69, 9.17) is 10.5 Å². The Morgan fingerprint density at radius 1 is 1.44 bits per heavy atom. The van der Waals surface area contributed by atoms with Crippen LogP contribution in [0.2, 0.25) is 0 Å². The number of ether oxygens (including phenoxy) is 1. The summed E-state index contributed by atoms with van der Waals surface area (Å²) in [6, 6.07) is 0. The second-order valence-electron chi connectivity index (χ2n) is 3.19. The van der Waals surface area contributed by atoms with Gasteiger partial charge in [0.2, 0.25) is 5.91 Å². The van der Waals surface area contributed by atoms with Gasteiger partial charge < -0.3 is 15.4 Å². The highest BCUT2D eigenvalue weighted by atomic mass is 19.4. The molecule has 0 aromatic carbocycles. The number of carbonyl (C=O) groups excluding carboxylic acids is 1. The molecule has 0 fully saturated rings. The summed E-state index contributed by atoms with van der Waals surface area (Å²) in [6.07, 6.45) is -4.02. The zero-order chi connectivity index (χ0) is 12.6. The van der Waals surface area contributed by atoms with E-state index in [1.54, 1.807) is 6.92 Å². The predicted molar refractivity (Wildman–Crippen MR) is 52.8 cm³/mol. The lowest BCUT2D eigenvalue weighted by atomic mass is 10.3. The van der Waals surface area contributed by atoms with Crippen molar-refractivity contribution < 1.29 is 22.7 Å². The smallest absolute Gasteiger partial charge is 0.382 e. The summed E-state index contributed by atoms with van der Waals surface area (Å²) in [4.78, 5) is 11.8. The normalized spacial score (nSPS) is 11.6. The second-order valence-corrected chi connectivity index (χ2v) is 3.19. The molecule has 0 unspecified atom stereocenters. The van der Waals surface area contributed by atoms with Gasteiger partial charge in [-0.15, -0.1) is 0 Å². The molecule has 0 aliphatic rings. The third-order valence-electron chi connectivity index (χ3n) is 1.82. The highest BCUT2D eigenvalue weighted by Crippen LogP contribution is 2.16. The van der Waals surface area contributed by atoms with Gasteiger partial charge in [0, 0.05) is 19.8 Å². The molecule has 0 aliphatic heterocycles. The van der Waals surface area contributed by atoms with Crippen LogP contribution in [0.15, 0.2) is 0 Å². The minimum absolute atomic E-state index is 0.00947. The number of nitrogens with zero attached hydrogens (tertiary/aromatic N) is 1. The number of alkyl halides is 3. The van der Waals surface area contributed by atoms with E-state index in [0.717, 1.165) is 0 Å². The van der Waals surface area contributed by atoms with Crippen molar-refractivity contribution in [2.24, 2.45) is 5.73 Å². The van der Waals surface area contributed by atoms with Crippen LogP contribution in [-0.4, -0.2) is 49.8 Å². The van der Waals surface area contributed by atoms with E-state index in [1.807, 2.05) is 0 Å². The van der Waals surface area contributed by atoms with Gasteiger partial charge in [0.1, 0.15) is 6.54 Å². The maximum absolute atomic E-state index is 12.1. The van der Waals surface area contributed by atoms with E-state index in [1.165, 1.54) is 0 Å². The molecule has 16 heavy (non-hydrogen) atoms. The fourth-order valence-corrected chi connectivity index (χ4v) is 1.14. The predicted octanol–water partition coefficient (Wildman–Crippen LogP) is 0.763. The van der Waals surface area contributed by atoms with Crippen LogP contribution in [-0.2, 0) is 9.53 Å². The Balaban J connectivity index is 4.06. The van der Waals surface area contributed by atoms with E-state index in [-0.39, 0.29) is 6.54 Å². The van der Waals surface area contributed by atoms with Crippen molar-refractivity contribution in [2.75, 3.05) is 32.8 Å². The topological polar surface area (TPSA) is 55.6 Å². The van der Waals surface area contributed by atoms with Crippen LogP contribution in [0.25, 0.3) is 0 Å². The van der Waals surface area contributed by atoms with Crippen molar-refractivity contribution >= 4 is 5.91 Å². The third-order valence-corrected chi connectivity index (χ3v) is 1.82. The maximum atomic E-state index is 12.1. The molecule has 0 spiro atoms. The highest BCUT2D eigenvalue weighted by molar-refractivity contribution is 5.78. The van der Waals surface area contributed by atoms with Gasteiger partial charge in [-0.3, -0.25) is 4.79 Å². The molecule has 0 aliphatic carbocycles. The Morgan fingerprint density at radius 2 is 2.06 bits per heavy atom. The summed E-state index contributed by atoms with van der Waals surface area (Å²) in [5.74, 6) is -0.700. The molecule has 7 heteroatoms. The summed E-state index contributed by atoms with van der Waals surface area (Å²) >= 11 is 0. The first-order valence-electron chi connectivity index (χ1n) is 5.03. The van der Waals surface area contributed by atoms with Crippen LogP contribution in [0.1, 0.15) is 13.3 Å². The van der Waals surface area contributed by atoms with E-state index < -0.39 is 25.2 Å². The number of carbonyl (C=O) groups is 1. The summed E-state index contributed by atoms with van der Waals surface area (Å²) in [7, 11) is 0. The van der Waals surface area contributed by atoms with Gasteiger partial charge in [-0.25, -0.2) is 0 Å². The van der Waals surface area contributed by atoms with Crippen LogP contribution < -0.4 is 5.73 Å². The van der Waals surface area contributed by atoms with E-state index in [9.17, 15) is 18.0 Å². The molecule has 0 aromatic rings. The van der Waals surface area contributed by atoms with Crippen molar-refractivity contribution in [1.29, 1.82) is 0 Å². The Bertz CT molecular complexity index is 209. The number of halogens is 3. The number of hydrogen-bond acceptors (Lipinski definition) is 3. The van der Waals surface area contributed by atoms with Gasteiger partial charge in [0.25, 0.3) is 0 Å². The molecule has 0 rings (SSSR count). The molecule has 0 bridgehead atoms. The van der Waals surface area contributed by atoms with Crippen LogP contribution in [0.5, 0.6) is 0 Å². The van der Waals surface area contributed by atoms with Crippen LogP contribution in [0.3, 0.4) is 0 Å². The van der Waals surface area contributed by atoms with Gasteiger partial charge in [0.05, 0.1) is 6.54 Å². The Labute approximate surface area is 92.5 Å². The largest absolute Gasteiger partial charge is 0.406 e. The standard InChI is InChI=1S/C9H17F3N2O2/c1-2-16-5-3-4-14(8(15)6-13)7-9(10,11)12/h2-7,13H2,1H3. The molecule has 1 amide bonds. The fourth-order valence-electron chi connectivity index (χ4n) is 1.14. The SMILES string of the molecule is CCOCCCN(CC(F)(F)F)C(=O)CN. The lowest BCUT2D eigenvalue weighted by Crippen LogP contribution is -2.42. The summed E-state index contributed by atoms with van der Waals surface area (Å²) in [5, 5.41) is 0. The molecule has 0 aromatic heterocycles. The van der Waals surface area contributed by atoms with Gasteiger partial charge in [-0.1, -0.05) is 0 Å². The minimum Gasteiger partial charge on any atom is -0.382 e.